The molecule has 0 spiro atoms. The van der Waals surface area contributed by atoms with E-state index in [4.69, 9.17) is 14.0 Å². The Labute approximate surface area is 154 Å². The summed E-state index contributed by atoms with van der Waals surface area (Å²) in [7, 11) is -4.83. The number of phenolic OH excluding ortho intramolecular Hbond substituents is 1. The van der Waals surface area contributed by atoms with E-state index in [1.165, 1.54) is 30.3 Å². The molecule has 1 saturated heterocycles. The predicted octanol–water partition coefficient (Wildman–Crippen LogP) is -1.42. The van der Waals surface area contributed by atoms with Crippen LogP contribution in [0.5, 0.6) is 5.75 Å². The van der Waals surface area contributed by atoms with Gasteiger partial charge in [0.25, 0.3) is 0 Å². The molecule has 1 aromatic carbocycles. The average molecular weight is 406 g/mol. The summed E-state index contributed by atoms with van der Waals surface area (Å²) in [5.74, 6) is -0.927. The van der Waals surface area contributed by atoms with Crippen LogP contribution in [0, 0.1) is 0 Å². The smallest absolute Gasteiger partial charge is 0.397 e. The quantitative estimate of drug-likeness (QED) is 0.212. The first-order valence-electron chi connectivity index (χ1n) is 7.56. The van der Waals surface area contributed by atoms with Gasteiger partial charge in [-0.05, 0) is 23.8 Å². The van der Waals surface area contributed by atoms with Crippen molar-refractivity contribution in [2.45, 2.75) is 30.7 Å². The van der Waals surface area contributed by atoms with E-state index >= 15 is 0 Å². The van der Waals surface area contributed by atoms with Gasteiger partial charge in [-0.2, -0.15) is 8.42 Å². The van der Waals surface area contributed by atoms with Gasteiger partial charge in [-0.25, -0.2) is 8.98 Å². The number of aliphatic hydroxyl groups is 3. The molecule has 1 aliphatic rings. The summed E-state index contributed by atoms with van der Waals surface area (Å²) in [6.45, 7) is -0.888. The first kappa shape index (κ1) is 21.2. The third-order valence-corrected chi connectivity index (χ3v) is 4.02. The van der Waals surface area contributed by atoms with E-state index in [1.54, 1.807) is 0 Å². The second-order valence-corrected chi connectivity index (χ2v) is 6.68. The fraction of sp³-hybridized carbons (Fsp3) is 0.400. The van der Waals surface area contributed by atoms with E-state index in [-0.39, 0.29) is 5.75 Å². The average Bonchev–Trinajstić information content (AvgIpc) is 2.60. The van der Waals surface area contributed by atoms with Crippen LogP contribution in [-0.4, -0.2) is 76.7 Å². The molecule has 0 amide bonds. The van der Waals surface area contributed by atoms with Crippen LogP contribution in [0.25, 0.3) is 6.08 Å². The summed E-state index contributed by atoms with van der Waals surface area (Å²) in [5.41, 5.74) is 0.560. The van der Waals surface area contributed by atoms with Gasteiger partial charge < -0.3 is 29.9 Å². The minimum atomic E-state index is -4.83. The van der Waals surface area contributed by atoms with E-state index in [1.807, 2.05) is 0 Å². The number of carbonyl (C=O) groups excluding carboxylic acids is 1. The zero-order chi connectivity index (χ0) is 20.2. The van der Waals surface area contributed by atoms with Crippen molar-refractivity contribution in [2.75, 3.05) is 6.61 Å². The summed E-state index contributed by atoms with van der Waals surface area (Å²) in [6, 6.07) is 5.84. The molecule has 2 rings (SSSR count). The molecule has 27 heavy (non-hydrogen) atoms. The number of benzene rings is 1. The van der Waals surface area contributed by atoms with Gasteiger partial charge in [0.2, 0.25) is 6.29 Å². The molecule has 150 valence electrons. The lowest BCUT2D eigenvalue weighted by atomic mass is 9.99. The van der Waals surface area contributed by atoms with Gasteiger partial charge in [-0.1, -0.05) is 12.1 Å². The Kier molecular flexibility index (Phi) is 6.89. The zero-order valence-corrected chi connectivity index (χ0v) is 14.5. The maximum absolute atomic E-state index is 11.8. The van der Waals surface area contributed by atoms with E-state index in [0.717, 1.165) is 6.08 Å². The van der Waals surface area contributed by atoms with Crippen molar-refractivity contribution in [1.82, 2.24) is 0 Å². The monoisotopic (exact) mass is 406 g/mol. The first-order valence-corrected chi connectivity index (χ1v) is 8.92. The number of carbonyl (C=O) groups is 1. The SMILES string of the molecule is O=C(C=Cc1ccc(O)cc1)OC1OC(COS(=O)(=O)O)C(O)C(O)C1O. The molecular weight excluding hydrogens is 388 g/mol. The predicted molar refractivity (Wildman–Crippen MR) is 87.4 cm³/mol. The lowest BCUT2D eigenvalue weighted by Gasteiger charge is -2.39. The maximum Gasteiger partial charge on any atom is 0.397 e. The number of rotatable bonds is 6. The molecule has 0 aromatic heterocycles. The van der Waals surface area contributed by atoms with E-state index < -0.39 is 53.7 Å². The molecule has 0 saturated carbocycles. The molecule has 1 fully saturated rings. The normalized spacial score (nSPS) is 29.0. The van der Waals surface area contributed by atoms with Crippen LogP contribution in [0.1, 0.15) is 5.56 Å². The van der Waals surface area contributed by atoms with Crippen molar-refractivity contribution in [3.63, 3.8) is 0 Å². The lowest BCUT2D eigenvalue weighted by molar-refractivity contribution is -0.290. The van der Waals surface area contributed by atoms with Crippen molar-refractivity contribution in [2.24, 2.45) is 0 Å². The fourth-order valence-electron chi connectivity index (χ4n) is 2.21. The summed E-state index contributed by atoms with van der Waals surface area (Å²) in [6.07, 6.45) is -6.30. The van der Waals surface area contributed by atoms with Gasteiger partial charge >= 0.3 is 16.4 Å². The third kappa shape index (κ3) is 6.25. The van der Waals surface area contributed by atoms with Crippen molar-refractivity contribution < 1.29 is 51.8 Å². The highest BCUT2D eigenvalue weighted by molar-refractivity contribution is 7.80. The molecule has 12 heteroatoms. The van der Waals surface area contributed by atoms with Gasteiger partial charge in [0, 0.05) is 6.08 Å². The number of ether oxygens (including phenoxy) is 2. The minimum absolute atomic E-state index is 0.0409. The van der Waals surface area contributed by atoms with E-state index in [2.05, 4.69) is 4.18 Å². The van der Waals surface area contributed by atoms with E-state index in [0.29, 0.717) is 5.56 Å². The Morgan fingerprint density at radius 3 is 2.33 bits per heavy atom. The summed E-state index contributed by atoms with van der Waals surface area (Å²) < 4.78 is 43.7. The van der Waals surface area contributed by atoms with Crippen LogP contribution in [0.2, 0.25) is 0 Å². The number of hydrogen-bond acceptors (Lipinski definition) is 10. The summed E-state index contributed by atoms with van der Waals surface area (Å²) >= 11 is 0. The Morgan fingerprint density at radius 2 is 1.74 bits per heavy atom. The Hall–Kier alpha value is -2.06. The second kappa shape index (κ2) is 8.75. The molecule has 11 nitrogen and oxygen atoms in total. The first-order chi connectivity index (χ1) is 12.6. The van der Waals surface area contributed by atoms with Gasteiger partial charge in [0.1, 0.15) is 30.2 Å². The number of aliphatic hydroxyl groups excluding tert-OH is 3. The van der Waals surface area contributed by atoms with Crippen LogP contribution >= 0.6 is 0 Å². The number of hydrogen-bond donors (Lipinski definition) is 5. The summed E-state index contributed by atoms with van der Waals surface area (Å²) in [4.78, 5) is 11.8. The lowest BCUT2D eigenvalue weighted by Crippen LogP contribution is -2.59. The number of esters is 1. The molecule has 0 aliphatic carbocycles. The third-order valence-electron chi connectivity index (χ3n) is 3.59. The molecule has 0 radical (unpaired) electrons. The topological polar surface area (TPSA) is 180 Å². The Balaban J connectivity index is 2.00. The molecule has 5 unspecified atom stereocenters. The van der Waals surface area contributed by atoms with Crippen molar-refractivity contribution >= 4 is 22.4 Å². The highest BCUT2D eigenvalue weighted by atomic mass is 32.3. The molecule has 5 atom stereocenters. The Morgan fingerprint density at radius 1 is 1.11 bits per heavy atom. The molecular formula is C15H18O11S. The van der Waals surface area contributed by atoms with Crippen LogP contribution in [-0.2, 0) is 28.9 Å². The fourth-order valence-corrected chi connectivity index (χ4v) is 2.51. The van der Waals surface area contributed by atoms with Crippen LogP contribution in [0.3, 0.4) is 0 Å². The molecule has 5 N–H and O–H groups in total. The molecule has 1 heterocycles. The Bertz CT molecular complexity index is 773. The van der Waals surface area contributed by atoms with Crippen LogP contribution < -0.4 is 0 Å². The standard InChI is InChI=1S/C15H18O11S/c16-9-4-1-8(2-5-9)3-6-11(17)26-15-14(20)13(19)12(18)10(25-15)7-24-27(21,22)23/h1-6,10,12-16,18-20H,7H2,(H,21,22,23). The maximum atomic E-state index is 11.8. The van der Waals surface area contributed by atoms with E-state index in [9.17, 15) is 33.6 Å². The van der Waals surface area contributed by atoms with Crippen molar-refractivity contribution in [3.8, 4) is 5.75 Å². The van der Waals surface area contributed by atoms with Gasteiger partial charge in [-0.3, -0.25) is 4.55 Å². The number of phenols is 1. The van der Waals surface area contributed by atoms with Crippen LogP contribution in [0.15, 0.2) is 30.3 Å². The molecule has 1 aliphatic heterocycles. The van der Waals surface area contributed by atoms with Crippen molar-refractivity contribution in [1.29, 1.82) is 0 Å². The highest BCUT2D eigenvalue weighted by Gasteiger charge is 2.45. The largest absolute Gasteiger partial charge is 0.508 e. The molecule has 0 bridgehead atoms. The second-order valence-electron chi connectivity index (χ2n) is 5.59. The van der Waals surface area contributed by atoms with Gasteiger partial charge in [-0.15, -0.1) is 0 Å². The summed E-state index contributed by atoms with van der Waals surface area (Å²) in [5, 5.41) is 38.6. The molecule has 1 aromatic rings. The zero-order valence-electron chi connectivity index (χ0n) is 13.7. The van der Waals surface area contributed by atoms with Crippen molar-refractivity contribution in [3.05, 3.63) is 35.9 Å². The number of aromatic hydroxyl groups is 1. The highest BCUT2D eigenvalue weighted by Crippen LogP contribution is 2.23. The van der Waals surface area contributed by atoms with Crippen LogP contribution in [0.4, 0.5) is 0 Å². The minimum Gasteiger partial charge on any atom is -0.508 e. The van der Waals surface area contributed by atoms with Gasteiger partial charge in [0.05, 0.1) is 6.61 Å². The van der Waals surface area contributed by atoms with Gasteiger partial charge in [0.15, 0.2) is 0 Å².